The number of hydrazone groups is 1. The van der Waals surface area contributed by atoms with E-state index in [1.54, 1.807) is 12.1 Å². The van der Waals surface area contributed by atoms with Crippen LogP contribution in [0, 0.1) is 12.7 Å². The zero-order valence-corrected chi connectivity index (χ0v) is 15.7. The van der Waals surface area contributed by atoms with E-state index in [1.807, 2.05) is 31.2 Å². The Kier molecular flexibility index (Phi) is 4.40. The third-order valence-corrected chi connectivity index (χ3v) is 5.03. The Balaban J connectivity index is 1.76. The monoisotopic (exact) mass is 381 g/mol. The van der Waals surface area contributed by atoms with Crippen LogP contribution in [-0.4, -0.2) is 21.6 Å². The second-order valence-corrected chi connectivity index (χ2v) is 7.06. The van der Waals surface area contributed by atoms with Crippen LogP contribution in [0.15, 0.2) is 53.6 Å². The number of aryl methyl sites for hydroxylation is 1. The van der Waals surface area contributed by atoms with Gasteiger partial charge in [-0.25, -0.2) is 14.4 Å². The first kappa shape index (κ1) is 17.6. The number of hydrogen-bond acceptors (Lipinski definition) is 3. The lowest BCUT2D eigenvalue weighted by Gasteiger charge is -2.21. The summed E-state index contributed by atoms with van der Waals surface area (Å²) in [5, 5.41) is 7.22. The number of amides is 1. The predicted molar refractivity (Wildman–Crippen MR) is 104 cm³/mol. The van der Waals surface area contributed by atoms with Crippen LogP contribution in [-0.2, 0) is 4.79 Å². The first-order valence-corrected chi connectivity index (χ1v) is 9.00. The van der Waals surface area contributed by atoms with Gasteiger partial charge in [-0.05, 0) is 42.3 Å². The third-order valence-electron chi connectivity index (χ3n) is 4.72. The second kappa shape index (κ2) is 6.74. The van der Waals surface area contributed by atoms with Gasteiger partial charge in [-0.1, -0.05) is 35.9 Å². The van der Waals surface area contributed by atoms with E-state index in [9.17, 15) is 9.18 Å². The zero-order valence-electron chi connectivity index (χ0n) is 14.9. The van der Waals surface area contributed by atoms with Gasteiger partial charge in [0, 0.05) is 24.3 Å². The Morgan fingerprint density at radius 3 is 2.63 bits per heavy atom. The van der Waals surface area contributed by atoms with Crippen LogP contribution in [0.3, 0.4) is 0 Å². The average molecular weight is 382 g/mol. The summed E-state index contributed by atoms with van der Waals surface area (Å²) < 4.78 is 13.2. The van der Waals surface area contributed by atoms with Gasteiger partial charge in [-0.2, -0.15) is 5.10 Å². The largest absolute Gasteiger partial charge is 0.273 e. The van der Waals surface area contributed by atoms with Crippen LogP contribution >= 0.6 is 11.6 Å². The van der Waals surface area contributed by atoms with Crippen LogP contribution in [0.1, 0.15) is 36.1 Å². The molecule has 0 bridgehead atoms. The van der Waals surface area contributed by atoms with Gasteiger partial charge in [-0.15, -0.1) is 0 Å². The molecule has 4 rings (SSSR count). The Morgan fingerprint density at radius 2 is 1.93 bits per heavy atom. The molecule has 0 radical (unpaired) electrons. The maximum atomic E-state index is 13.2. The van der Waals surface area contributed by atoms with Crippen molar-refractivity contribution >= 4 is 34.1 Å². The highest BCUT2D eigenvalue weighted by Gasteiger charge is 2.33. The lowest BCUT2D eigenvalue weighted by molar-refractivity contribution is -0.130. The van der Waals surface area contributed by atoms with Crippen molar-refractivity contribution in [3.63, 3.8) is 0 Å². The highest BCUT2D eigenvalue weighted by atomic mass is 35.5. The first-order chi connectivity index (χ1) is 12.9. The van der Waals surface area contributed by atoms with Crippen molar-refractivity contribution in [3.8, 4) is 0 Å². The number of fused-ring (bicyclic) bond motifs is 1. The van der Waals surface area contributed by atoms with Gasteiger partial charge in [-0.3, -0.25) is 4.79 Å². The summed E-state index contributed by atoms with van der Waals surface area (Å²) in [6.07, 6.45) is 0.490. The molecule has 0 aliphatic carbocycles. The molecule has 136 valence electrons. The standard InChI is InChI=1S/C21H17ClFN3O/c1-12-3-4-15-10-17(21(22)24-18(15)9-12)20-11-19(25-26(20)13(2)27)14-5-7-16(23)8-6-14/h3-10,20H,11H2,1-2H3. The van der Waals surface area contributed by atoms with Crippen LogP contribution < -0.4 is 0 Å². The molecule has 1 atom stereocenters. The van der Waals surface area contributed by atoms with Crippen LogP contribution in [0.25, 0.3) is 10.9 Å². The summed E-state index contributed by atoms with van der Waals surface area (Å²) in [6, 6.07) is 13.7. The van der Waals surface area contributed by atoms with Gasteiger partial charge in [0.15, 0.2) is 0 Å². The highest BCUT2D eigenvalue weighted by molar-refractivity contribution is 6.30. The van der Waals surface area contributed by atoms with Gasteiger partial charge in [0.2, 0.25) is 5.91 Å². The van der Waals surface area contributed by atoms with E-state index in [2.05, 4.69) is 10.1 Å². The molecule has 0 N–H and O–H groups in total. The SMILES string of the molecule is CC(=O)N1N=C(c2ccc(F)cc2)CC1c1cc2ccc(C)cc2nc1Cl. The van der Waals surface area contributed by atoms with Crippen LogP contribution in [0.2, 0.25) is 5.15 Å². The lowest BCUT2D eigenvalue weighted by Crippen LogP contribution is -2.24. The molecule has 3 aromatic rings. The minimum Gasteiger partial charge on any atom is -0.273 e. The number of carbonyl (C=O) groups is 1. The summed E-state index contributed by atoms with van der Waals surface area (Å²) in [5.74, 6) is -0.494. The van der Waals surface area contributed by atoms with Gasteiger partial charge in [0.1, 0.15) is 11.0 Å². The van der Waals surface area contributed by atoms with E-state index >= 15 is 0 Å². The molecule has 2 heterocycles. The number of carbonyl (C=O) groups excluding carboxylic acids is 1. The number of halogens is 2. The van der Waals surface area contributed by atoms with Gasteiger partial charge >= 0.3 is 0 Å². The molecule has 1 aliphatic heterocycles. The molecule has 1 aromatic heterocycles. The first-order valence-electron chi connectivity index (χ1n) is 8.62. The van der Waals surface area contributed by atoms with Gasteiger partial charge < -0.3 is 0 Å². The number of nitrogens with zero attached hydrogens (tertiary/aromatic N) is 3. The minimum absolute atomic E-state index is 0.183. The third kappa shape index (κ3) is 3.30. The van der Waals surface area contributed by atoms with Crippen molar-refractivity contribution in [2.45, 2.75) is 26.3 Å². The van der Waals surface area contributed by atoms with Crippen LogP contribution in [0.5, 0.6) is 0 Å². The van der Waals surface area contributed by atoms with E-state index in [-0.39, 0.29) is 17.8 Å². The van der Waals surface area contributed by atoms with Crippen molar-refractivity contribution in [2.24, 2.45) is 5.10 Å². The zero-order chi connectivity index (χ0) is 19.1. The van der Waals surface area contributed by atoms with Crippen molar-refractivity contribution in [2.75, 3.05) is 0 Å². The van der Waals surface area contributed by atoms with Crippen LogP contribution in [0.4, 0.5) is 4.39 Å². The molecule has 0 spiro atoms. The fourth-order valence-corrected chi connectivity index (χ4v) is 3.63. The van der Waals surface area contributed by atoms with Crippen molar-refractivity contribution in [3.05, 3.63) is 76.2 Å². The molecule has 0 saturated heterocycles. The van der Waals surface area contributed by atoms with Gasteiger partial charge in [0.25, 0.3) is 0 Å². The predicted octanol–water partition coefficient (Wildman–Crippen LogP) is 5.03. The number of pyridine rings is 1. The topological polar surface area (TPSA) is 45.6 Å². The minimum atomic E-state index is -0.340. The molecule has 4 nitrogen and oxygen atoms in total. The number of benzene rings is 2. The molecule has 2 aromatic carbocycles. The molecule has 1 aliphatic rings. The van der Waals surface area contributed by atoms with E-state index in [1.165, 1.54) is 24.1 Å². The summed E-state index contributed by atoms with van der Waals surface area (Å²) in [4.78, 5) is 16.7. The van der Waals surface area contributed by atoms with E-state index < -0.39 is 0 Å². The summed E-state index contributed by atoms with van der Waals surface area (Å²) >= 11 is 6.47. The summed E-state index contributed by atoms with van der Waals surface area (Å²) in [5.41, 5.74) is 4.17. The molecule has 0 fully saturated rings. The molecule has 27 heavy (non-hydrogen) atoms. The fourth-order valence-electron chi connectivity index (χ4n) is 3.36. The normalized spacial score (nSPS) is 16.7. The second-order valence-electron chi connectivity index (χ2n) is 6.70. The molecular weight excluding hydrogens is 365 g/mol. The van der Waals surface area contributed by atoms with E-state index in [0.29, 0.717) is 11.6 Å². The molecular formula is C21H17ClFN3O. The summed E-state index contributed by atoms with van der Waals surface area (Å²) in [6.45, 7) is 3.47. The molecule has 1 amide bonds. The average Bonchev–Trinajstić information content (AvgIpc) is 3.07. The maximum absolute atomic E-state index is 13.2. The number of aromatic nitrogens is 1. The van der Waals surface area contributed by atoms with Crippen molar-refractivity contribution in [1.82, 2.24) is 9.99 Å². The van der Waals surface area contributed by atoms with E-state index in [4.69, 9.17) is 11.6 Å². The molecule has 1 unspecified atom stereocenters. The highest BCUT2D eigenvalue weighted by Crippen LogP contribution is 2.37. The maximum Gasteiger partial charge on any atom is 0.240 e. The molecule has 0 saturated carbocycles. The van der Waals surface area contributed by atoms with Crippen molar-refractivity contribution < 1.29 is 9.18 Å². The molecule has 6 heteroatoms. The van der Waals surface area contributed by atoms with E-state index in [0.717, 1.165) is 33.3 Å². The quantitative estimate of drug-likeness (QED) is 0.584. The van der Waals surface area contributed by atoms with Crippen molar-refractivity contribution in [1.29, 1.82) is 0 Å². The Bertz CT molecular complexity index is 1080. The summed E-state index contributed by atoms with van der Waals surface area (Å²) in [7, 11) is 0. The Morgan fingerprint density at radius 1 is 1.19 bits per heavy atom. The smallest absolute Gasteiger partial charge is 0.240 e. The number of rotatable bonds is 2. The Hall–Kier alpha value is -2.79. The fraction of sp³-hybridized carbons (Fsp3) is 0.190. The number of hydrogen-bond donors (Lipinski definition) is 0. The van der Waals surface area contributed by atoms with Gasteiger partial charge in [0.05, 0.1) is 17.3 Å². The Labute approximate surface area is 161 Å². The lowest BCUT2D eigenvalue weighted by atomic mass is 9.98.